The van der Waals surface area contributed by atoms with Crippen molar-refractivity contribution < 1.29 is 28.5 Å². The standard InChI is InChI=1S/C5H8O3.C4H6O3/c6-3-5-4-7-1-2-8-5;5-4-6-2-1-3-7-4/h3,5H,1-2,4H2;1-3H2. The van der Waals surface area contributed by atoms with Crippen molar-refractivity contribution in [1.82, 2.24) is 0 Å². The van der Waals surface area contributed by atoms with Crippen molar-refractivity contribution in [3.8, 4) is 0 Å². The van der Waals surface area contributed by atoms with Gasteiger partial charge in [-0.25, -0.2) is 4.79 Å². The summed E-state index contributed by atoms with van der Waals surface area (Å²) in [6.07, 6.45) is 0.736. The van der Waals surface area contributed by atoms with Gasteiger partial charge < -0.3 is 23.7 Å². The van der Waals surface area contributed by atoms with Crippen LogP contribution in [0.1, 0.15) is 6.42 Å². The molecule has 2 saturated heterocycles. The number of hydrogen-bond donors (Lipinski definition) is 0. The van der Waals surface area contributed by atoms with Crippen LogP contribution >= 0.6 is 0 Å². The van der Waals surface area contributed by atoms with Crippen LogP contribution in [0.5, 0.6) is 0 Å². The van der Waals surface area contributed by atoms with E-state index in [9.17, 15) is 9.59 Å². The molecule has 0 amide bonds. The van der Waals surface area contributed by atoms with Crippen LogP contribution in [0.2, 0.25) is 0 Å². The molecule has 0 aromatic rings. The fourth-order valence-electron chi connectivity index (χ4n) is 0.996. The van der Waals surface area contributed by atoms with Crippen LogP contribution in [-0.4, -0.2) is 51.6 Å². The maximum Gasteiger partial charge on any atom is 0.508 e. The molecule has 2 rings (SSSR count). The zero-order valence-electron chi connectivity index (χ0n) is 8.35. The third kappa shape index (κ3) is 5.34. The zero-order chi connectivity index (χ0) is 10.9. The van der Waals surface area contributed by atoms with Gasteiger partial charge >= 0.3 is 6.16 Å². The monoisotopic (exact) mass is 218 g/mol. The molecule has 0 aromatic heterocycles. The summed E-state index contributed by atoms with van der Waals surface area (Å²) in [6, 6.07) is 0. The lowest BCUT2D eigenvalue weighted by Gasteiger charge is -2.17. The molecule has 0 aliphatic carbocycles. The SMILES string of the molecule is O=C1OCCCO1.O=CC1COCCO1. The summed E-state index contributed by atoms with van der Waals surface area (Å²) >= 11 is 0. The number of hydrogen-bond acceptors (Lipinski definition) is 6. The Labute approximate surface area is 87.4 Å². The summed E-state index contributed by atoms with van der Waals surface area (Å²) in [5.41, 5.74) is 0. The van der Waals surface area contributed by atoms with Crippen LogP contribution < -0.4 is 0 Å². The van der Waals surface area contributed by atoms with Gasteiger partial charge in [-0.3, -0.25) is 0 Å². The molecule has 6 nitrogen and oxygen atoms in total. The van der Waals surface area contributed by atoms with Crippen molar-refractivity contribution in [2.45, 2.75) is 12.5 Å². The first-order chi connectivity index (χ1) is 7.33. The highest BCUT2D eigenvalue weighted by Crippen LogP contribution is 1.96. The Morgan fingerprint density at radius 3 is 2.20 bits per heavy atom. The van der Waals surface area contributed by atoms with Crippen molar-refractivity contribution in [2.75, 3.05) is 33.0 Å². The van der Waals surface area contributed by atoms with Crippen molar-refractivity contribution in [3.63, 3.8) is 0 Å². The van der Waals surface area contributed by atoms with Gasteiger partial charge in [-0.15, -0.1) is 0 Å². The molecule has 6 heteroatoms. The summed E-state index contributed by atoms with van der Waals surface area (Å²) in [6.45, 7) is 2.61. The van der Waals surface area contributed by atoms with Crippen molar-refractivity contribution in [3.05, 3.63) is 0 Å². The molecule has 0 saturated carbocycles. The zero-order valence-corrected chi connectivity index (χ0v) is 8.35. The van der Waals surface area contributed by atoms with E-state index in [2.05, 4.69) is 9.47 Å². The van der Waals surface area contributed by atoms with Crippen LogP contribution in [0.15, 0.2) is 0 Å². The molecule has 2 fully saturated rings. The number of cyclic esters (lactones) is 2. The highest BCUT2D eigenvalue weighted by atomic mass is 16.7. The second kappa shape index (κ2) is 7.19. The fraction of sp³-hybridized carbons (Fsp3) is 0.778. The van der Waals surface area contributed by atoms with Gasteiger partial charge in [0.25, 0.3) is 0 Å². The normalized spacial score (nSPS) is 25.3. The first-order valence-corrected chi connectivity index (χ1v) is 4.77. The highest BCUT2D eigenvalue weighted by molar-refractivity contribution is 5.60. The van der Waals surface area contributed by atoms with Gasteiger partial charge in [-0.2, -0.15) is 0 Å². The molecule has 2 aliphatic heterocycles. The molecule has 2 heterocycles. The van der Waals surface area contributed by atoms with E-state index in [1.165, 1.54) is 0 Å². The Bertz CT molecular complexity index is 191. The Kier molecular flexibility index (Phi) is 5.72. The van der Waals surface area contributed by atoms with Crippen molar-refractivity contribution in [2.24, 2.45) is 0 Å². The Morgan fingerprint density at radius 1 is 1.13 bits per heavy atom. The smallest absolute Gasteiger partial charge is 0.434 e. The third-order valence-corrected chi connectivity index (χ3v) is 1.72. The minimum absolute atomic E-state index is 0.316. The molecule has 0 aromatic carbocycles. The largest absolute Gasteiger partial charge is 0.508 e. The Morgan fingerprint density at radius 2 is 1.87 bits per heavy atom. The van der Waals surface area contributed by atoms with Crippen LogP contribution in [0, 0.1) is 0 Å². The topological polar surface area (TPSA) is 71.1 Å². The van der Waals surface area contributed by atoms with E-state index in [4.69, 9.17) is 9.47 Å². The Hall–Kier alpha value is -1.14. The van der Waals surface area contributed by atoms with Gasteiger partial charge in [0, 0.05) is 6.42 Å². The number of carbonyl (C=O) groups is 2. The van der Waals surface area contributed by atoms with E-state index in [0.717, 1.165) is 12.7 Å². The van der Waals surface area contributed by atoms with Gasteiger partial charge in [-0.1, -0.05) is 0 Å². The third-order valence-electron chi connectivity index (χ3n) is 1.72. The van der Waals surface area contributed by atoms with E-state index in [-0.39, 0.29) is 6.10 Å². The summed E-state index contributed by atoms with van der Waals surface area (Å²) in [5.74, 6) is 0. The van der Waals surface area contributed by atoms with E-state index >= 15 is 0 Å². The fourth-order valence-corrected chi connectivity index (χ4v) is 0.996. The average molecular weight is 218 g/mol. The number of ether oxygens (including phenoxy) is 4. The lowest BCUT2D eigenvalue weighted by Crippen LogP contribution is -2.29. The average Bonchev–Trinajstić information content (AvgIpc) is 2.32. The molecule has 0 radical (unpaired) electrons. The van der Waals surface area contributed by atoms with E-state index in [0.29, 0.717) is 33.0 Å². The van der Waals surface area contributed by atoms with Crippen LogP contribution in [0.25, 0.3) is 0 Å². The summed E-state index contributed by atoms with van der Waals surface area (Å²) in [5, 5.41) is 0. The first kappa shape index (κ1) is 11.9. The quantitative estimate of drug-likeness (QED) is 0.460. The molecule has 2 aliphatic rings. The van der Waals surface area contributed by atoms with Gasteiger partial charge in [0.1, 0.15) is 6.10 Å². The second-order valence-electron chi connectivity index (χ2n) is 2.92. The lowest BCUT2D eigenvalue weighted by atomic mass is 10.4. The molecule has 15 heavy (non-hydrogen) atoms. The molecule has 1 atom stereocenters. The van der Waals surface area contributed by atoms with Crippen LogP contribution in [-0.2, 0) is 23.7 Å². The molecule has 86 valence electrons. The van der Waals surface area contributed by atoms with Crippen molar-refractivity contribution >= 4 is 12.4 Å². The summed E-state index contributed by atoms with van der Waals surface area (Å²) < 4.78 is 18.7. The number of carbonyl (C=O) groups excluding carboxylic acids is 2. The second-order valence-corrected chi connectivity index (χ2v) is 2.92. The molecule has 0 N–H and O–H groups in total. The predicted molar refractivity (Wildman–Crippen MR) is 48.5 cm³/mol. The molecule has 1 unspecified atom stereocenters. The maximum absolute atomic E-state index is 10.0. The number of rotatable bonds is 1. The van der Waals surface area contributed by atoms with Crippen LogP contribution in [0.4, 0.5) is 4.79 Å². The molecular weight excluding hydrogens is 204 g/mol. The minimum atomic E-state index is -0.536. The highest BCUT2D eigenvalue weighted by Gasteiger charge is 2.11. The van der Waals surface area contributed by atoms with Crippen molar-refractivity contribution in [1.29, 1.82) is 0 Å². The summed E-state index contributed by atoms with van der Waals surface area (Å²) in [7, 11) is 0. The Balaban J connectivity index is 0.000000151. The number of aldehydes is 1. The van der Waals surface area contributed by atoms with E-state index in [1.807, 2.05) is 0 Å². The lowest BCUT2D eigenvalue weighted by molar-refractivity contribution is -0.133. The first-order valence-electron chi connectivity index (χ1n) is 4.77. The van der Waals surface area contributed by atoms with E-state index < -0.39 is 6.16 Å². The van der Waals surface area contributed by atoms with Gasteiger partial charge in [0.05, 0.1) is 33.0 Å². The minimum Gasteiger partial charge on any atom is -0.434 e. The van der Waals surface area contributed by atoms with Crippen LogP contribution in [0.3, 0.4) is 0 Å². The molecule has 0 spiro atoms. The predicted octanol–water partition coefficient (Wildman–Crippen LogP) is 0.144. The van der Waals surface area contributed by atoms with Gasteiger partial charge in [-0.05, 0) is 0 Å². The maximum atomic E-state index is 10.0. The van der Waals surface area contributed by atoms with E-state index in [1.54, 1.807) is 0 Å². The van der Waals surface area contributed by atoms with Gasteiger partial charge in [0.15, 0.2) is 6.29 Å². The van der Waals surface area contributed by atoms with Gasteiger partial charge in [0.2, 0.25) is 0 Å². The summed E-state index contributed by atoms with van der Waals surface area (Å²) in [4.78, 5) is 20.0. The molecular formula is C9H14O6. The molecule has 0 bridgehead atoms.